The lowest BCUT2D eigenvalue weighted by Gasteiger charge is -2.29. The van der Waals surface area contributed by atoms with Crippen LogP contribution in [-0.2, 0) is 10.0 Å². The second-order valence-electron chi connectivity index (χ2n) is 8.78. The number of nitrogens with one attached hydrogen (secondary N) is 1. The molecule has 2 aromatic carbocycles. The van der Waals surface area contributed by atoms with Gasteiger partial charge < -0.3 is 4.90 Å². The Hall–Kier alpha value is -2.75. The number of thiazole rings is 1. The van der Waals surface area contributed by atoms with Crippen molar-refractivity contribution in [1.29, 1.82) is 0 Å². The van der Waals surface area contributed by atoms with Crippen LogP contribution in [0.25, 0.3) is 11.3 Å². The van der Waals surface area contributed by atoms with E-state index in [4.69, 9.17) is 0 Å². The maximum atomic E-state index is 12.9. The molecule has 3 aromatic rings. The van der Waals surface area contributed by atoms with E-state index in [-0.39, 0.29) is 0 Å². The van der Waals surface area contributed by atoms with Gasteiger partial charge in [-0.2, -0.15) is 9.41 Å². The highest BCUT2D eigenvalue weighted by atomic mass is 32.2. The van der Waals surface area contributed by atoms with Crippen LogP contribution in [0.5, 0.6) is 0 Å². The maximum Gasteiger partial charge on any atom is 0.243 e. The Morgan fingerprint density at radius 1 is 1.09 bits per heavy atom. The zero-order valence-electron chi connectivity index (χ0n) is 20.5. The average molecular weight is 512 g/mol. The fourth-order valence-electron chi connectivity index (χ4n) is 4.15. The Morgan fingerprint density at radius 2 is 1.74 bits per heavy atom. The van der Waals surface area contributed by atoms with Crippen molar-refractivity contribution in [1.82, 2.24) is 9.29 Å². The lowest BCUT2D eigenvalue weighted by Crippen LogP contribution is -2.37. The number of benzene rings is 2. The van der Waals surface area contributed by atoms with Crippen molar-refractivity contribution < 1.29 is 8.42 Å². The van der Waals surface area contributed by atoms with Gasteiger partial charge >= 0.3 is 0 Å². The fourth-order valence-corrected chi connectivity index (χ4v) is 6.29. The highest BCUT2D eigenvalue weighted by molar-refractivity contribution is 7.89. The lowest BCUT2D eigenvalue weighted by molar-refractivity contribution is 0.288. The quantitative estimate of drug-likeness (QED) is 0.302. The molecule has 0 spiro atoms. The van der Waals surface area contributed by atoms with E-state index in [0.29, 0.717) is 29.0 Å². The third kappa shape index (κ3) is 6.09. The summed E-state index contributed by atoms with van der Waals surface area (Å²) in [7, 11) is -3.45. The summed E-state index contributed by atoms with van der Waals surface area (Å²) in [6.07, 6.45) is 3.60. The first-order valence-electron chi connectivity index (χ1n) is 12.1. The molecule has 9 heteroatoms. The molecule has 0 atom stereocenters. The van der Waals surface area contributed by atoms with Crippen LogP contribution < -0.4 is 10.3 Å². The van der Waals surface area contributed by atoms with Crippen LogP contribution in [0.15, 0.2) is 63.9 Å². The number of hydrazone groups is 1. The summed E-state index contributed by atoms with van der Waals surface area (Å²) >= 11 is 1.46. The number of piperidine rings is 1. The molecule has 1 fully saturated rings. The number of rotatable bonds is 9. The van der Waals surface area contributed by atoms with Gasteiger partial charge in [-0.15, -0.1) is 11.3 Å². The van der Waals surface area contributed by atoms with Crippen LogP contribution in [0.1, 0.15) is 39.2 Å². The van der Waals surface area contributed by atoms with Crippen LogP contribution in [0.4, 0.5) is 10.8 Å². The molecular weight excluding hydrogens is 478 g/mol. The number of aromatic nitrogens is 1. The van der Waals surface area contributed by atoms with E-state index in [9.17, 15) is 8.42 Å². The Balaban J connectivity index is 1.37. The summed E-state index contributed by atoms with van der Waals surface area (Å²) in [5.41, 5.74) is 6.85. The van der Waals surface area contributed by atoms with Gasteiger partial charge in [0.15, 0.2) is 0 Å². The van der Waals surface area contributed by atoms with Crippen molar-refractivity contribution in [3.8, 4) is 11.3 Å². The van der Waals surface area contributed by atoms with Crippen LogP contribution in [-0.4, -0.2) is 50.1 Å². The molecular formula is C26H33N5O2S2. The minimum atomic E-state index is -3.45. The smallest absolute Gasteiger partial charge is 0.243 e. The van der Waals surface area contributed by atoms with Gasteiger partial charge in [-0.1, -0.05) is 31.2 Å². The molecule has 0 saturated carbocycles. The summed E-state index contributed by atoms with van der Waals surface area (Å²) < 4.78 is 27.5. The van der Waals surface area contributed by atoms with Crippen LogP contribution >= 0.6 is 11.3 Å². The molecule has 0 unspecified atom stereocenters. The van der Waals surface area contributed by atoms with Crippen LogP contribution in [0.3, 0.4) is 0 Å². The zero-order valence-corrected chi connectivity index (χ0v) is 22.1. The fraction of sp³-hybridized carbons (Fsp3) is 0.385. The van der Waals surface area contributed by atoms with Crippen molar-refractivity contribution in [2.24, 2.45) is 11.0 Å². The molecule has 186 valence electrons. The topological polar surface area (TPSA) is 77.9 Å². The van der Waals surface area contributed by atoms with Crippen molar-refractivity contribution in [2.45, 2.75) is 38.5 Å². The normalized spacial score (nSPS) is 15.5. The molecule has 2 heterocycles. The van der Waals surface area contributed by atoms with E-state index < -0.39 is 10.0 Å². The monoisotopic (exact) mass is 511 g/mol. The molecule has 0 radical (unpaired) electrons. The Morgan fingerprint density at radius 3 is 2.37 bits per heavy atom. The molecule has 0 bridgehead atoms. The van der Waals surface area contributed by atoms with Gasteiger partial charge in [0.05, 0.1) is 16.8 Å². The van der Waals surface area contributed by atoms with Crippen molar-refractivity contribution >= 4 is 38.4 Å². The third-order valence-electron chi connectivity index (χ3n) is 6.43. The van der Waals surface area contributed by atoms with E-state index in [1.807, 2.05) is 29.6 Å². The van der Waals surface area contributed by atoms with Gasteiger partial charge in [-0.25, -0.2) is 13.4 Å². The molecule has 0 aliphatic carbocycles. The predicted octanol–water partition coefficient (Wildman–Crippen LogP) is 5.52. The van der Waals surface area contributed by atoms with Crippen molar-refractivity contribution in [3.05, 3.63) is 59.5 Å². The number of hydrogen-bond donors (Lipinski definition) is 1. The number of hydrogen-bond acceptors (Lipinski definition) is 7. The Kier molecular flexibility index (Phi) is 8.20. The molecule has 35 heavy (non-hydrogen) atoms. The summed E-state index contributed by atoms with van der Waals surface area (Å²) in [5, 5.41) is 6.92. The molecule has 0 amide bonds. The highest BCUT2D eigenvalue weighted by Crippen LogP contribution is 2.28. The second kappa shape index (κ2) is 11.3. The summed E-state index contributed by atoms with van der Waals surface area (Å²) in [6.45, 7) is 9.61. The first-order valence-corrected chi connectivity index (χ1v) is 14.4. The van der Waals surface area contributed by atoms with Crippen molar-refractivity contribution in [3.63, 3.8) is 0 Å². The Labute approximate surface area is 212 Å². The van der Waals surface area contributed by atoms with Gasteiger partial charge in [-0.05, 0) is 62.4 Å². The van der Waals surface area contributed by atoms with E-state index in [1.165, 1.54) is 17.0 Å². The predicted molar refractivity (Wildman–Crippen MR) is 146 cm³/mol. The summed E-state index contributed by atoms with van der Waals surface area (Å²) in [4.78, 5) is 7.22. The first kappa shape index (κ1) is 25.3. The summed E-state index contributed by atoms with van der Waals surface area (Å²) in [5.74, 6) is 0.582. The van der Waals surface area contributed by atoms with E-state index >= 15 is 0 Å². The lowest BCUT2D eigenvalue weighted by atomic mass is 10.0. The minimum Gasteiger partial charge on any atom is -0.372 e. The van der Waals surface area contributed by atoms with Gasteiger partial charge in [-0.3, -0.25) is 5.43 Å². The number of nitrogens with zero attached hydrogens (tertiary/aromatic N) is 4. The van der Waals surface area contributed by atoms with Crippen molar-refractivity contribution in [2.75, 3.05) is 36.5 Å². The molecule has 1 aliphatic heterocycles. The summed E-state index contributed by atoms with van der Waals surface area (Å²) in [6, 6.07) is 15.3. The molecule has 1 aliphatic rings. The van der Waals surface area contributed by atoms with E-state index in [0.717, 1.165) is 42.8 Å². The SMILES string of the molecule is CCN(CC)c1ccc(C=NNc2nc(-c3ccc(S(=O)(=O)N4CCC(C)CC4)cc3)cs2)cc1. The van der Waals surface area contributed by atoms with Crippen LogP contribution in [0.2, 0.25) is 0 Å². The molecule has 7 nitrogen and oxygen atoms in total. The number of anilines is 2. The average Bonchev–Trinajstić information content (AvgIpc) is 3.35. The minimum absolute atomic E-state index is 0.334. The Bertz CT molecular complexity index is 1230. The second-order valence-corrected chi connectivity index (χ2v) is 11.6. The number of sulfonamides is 1. The van der Waals surface area contributed by atoms with Gasteiger partial charge in [0.1, 0.15) is 0 Å². The standard InChI is InChI=1S/C26H33N5O2S2/c1-4-30(5-2)23-10-6-21(7-11-23)18-27-29-26-28-25(19-34-26)22-8-12-24(13-9-22)35(32,33)31-16-14-20(3)15-17-31/h6-13,18-20H,4-5,14-17H2,1-3H3,(H,28,29). The van der Waals surface area contributed by atoms with Gasteiger partial charge in [0.25, 0.3) is 0 Å². The largest absolute Gasteiger partial charge is 0.372 e. The molecule has 1 saturated heterocycles. The molecule has 1 N–H and O–H groups in total. The van der Waals surface area contributed by atoms with E-state index in [1.54, 1.807) is 22.7 Å². The molecule has 4 rings (SSSR count). The van der Waals surface area contributed by atoms with Gasteiger partial charge in [0.2, 0.25) is 15.2 Å². The first-order chi connectivity index (χ1) is 16.9. The highest BCUT2D eigenvalue weighted by Gasteiger charge is 2.28. The third-order valence-corrected chi connectivity index (χ3v) is 9.09. The zero-order chi connectivity index (χ0) is 24.8. The maximum absolute atomic E-state index is 12.9. The molecule has 1 aromatic heterocycles. The van der Waals surface area contributed by atoms with Crippen LogP contribution in [0, 0.1) is 5.92 Å². The van der Waals surface area contributed by atoms with E-state index in [2.05, 4.69) is 53.3 Å². The van der Waals surface area contributed by atoms with Gasteiger partial charge in [0, 0.05) is 42.8 Å².